The fourth-order valence-electron chi connectivity index (χ4n) is 4.88. The Morgan fingerprint density at radius 2 is 1.80 bits per heavy atom. The fourth-order valence-corrected chi connectivity index (χ4v) is 4.88. The van der Waals surface area contributed by atoms with Gasteiger partial charge >= 0.3 is 12.1 Å². The molecule has 9 nitrogen and oxygen atoms in total. The summed E-state index contributed by atoms with van der Waals surface area (Å²) in [4.78, 5) is 52.3. The monoisotopic (exact) mass is 495 g/mol. The fraction of sp³-hybridized carbons (Fsp3) is 0.565. The summed E-state index contributed by atoms with van der Waals surface area (Å²) >= 11 is 0. The lowest BCUT2D eigenvalue weighted by Crippen LogP contribution is -2.61. The summed E-state index contributed by atoms with van der Waals surface area (Å²) in [6.07, 6.45) is -5.23. The van der Waals surface area contributed by atoms with Crippen LogP contribution in [0.1, 0.15) is 45.6 Å². The van der Waals surface area contributed by atoms with E-state index in [1.807, 2.05) is 0 Å². The highest BCUT2D eigenvalue weighted by Gasteiger charge is 2.61. The highest BCUT2D eigenvalue weighted by atomic mass is 19.4. The van der Waals surface area contributed by atoms with E-state index in [9.17, 15) is 32.3 Å². The first kappa shape index (κ1) is 25.0. The molecule has 12 heteroatoms. The van der Waals surface area contributed by atoms with E-state index in [4.69, 9.17) is 5.73 Å². The second-order valence-corrected chi connectivity index (χ2v) is 10.6. The first-order valence-corrected chi connectivity index (χ1v) is 11.3. The molecule has 2 aliphatic heterocycles. The Hall–Kier alpha value is -3.15. The number of fused-ring (bicyclic) bond motifs is 2. The van der Waals surface area contributed by atoms with E-state index in [1.54, 1.807) is 29.6 Å². The molecule has 1 saturated heterocycles. The Morgan fingerprint density at radius 3 is 2.37 bits per heavy atom. The van der Waals surface area contributed by atoms with Gasteiger partial charge in [0, 0.05) is 18.7 Å². The van der Waals surface area contributed by atoms with E-state index in [0.717, 1.165) is 5.56 Å². The highest BCUT2D eigenvalue weighted by Crippen LogP contribution is 2.47. The Kier molecular flexibility index (Phi) is 5.66. The average Bonchev–Trinajstić information content (AvgIpc) is 3.36. The van der Waals surface area contributed by atoms with Crippen molar-refractivity contribution in [2.24, 2.45) is 11.1 Å². The Labute approximate surface area is 200 Å². The molecule has 1 spiro atoms. The molecular formula is C23H28F3N5O4. The molecule has 1 aromatic rings. The van der Waals surface area contributed by atoms with Gasteiger partial charge in [-0.3, -0.25) is 19.2 Å². The number of likely N-dealkylation sites (tertiary alicyclic amines) is 1. The lowest BCUT2D eigenvalue weighted by molar-refractivity contribution is -0.175. The van der Waals surface area contributed by atoms with E-state index >= 15 is 0 Å². The van der Waals surface area contributed by atoms with E-state index in [0.29, 0.717) is 5.69 Å². The average molecular weight is 496 g/mol. The number of nitrogens with two attached hydrogens (primary N) is 1. The van der Waals surface area contributed by atoms with Crippen molar-refractivity contribution in [3.05, 3.63) is 29.8 Å². The molecule has 4 amide bonds. The minimum Gasteiger partial charge on any atom is -0.340 e. The van der Waals surface area contributed by atoms with E-state index in [2.05, 4.69) is 10.6 Å². The van der Waals surface area contributed by atoms with Crippen LogP contribution in [0.3, 0.4) is 0 Å². The van der Waals surface area contributed by atoms with E-state index in [-0.39, 0.29) is 31.7 Å². The number of hydrogen-bond donors (Lipinski definition) is 4. The second-order valence-electron chi connectivity index (χ2n) is 10.6. The summed E-state index contributed by atoms with van der Waals surface area (Å²) in [5, 5.41) is 7.14. The number of rotatable bonds is 4. The molecule has 0 radical (unpaired) electrons. The largest absolute Gasteiger partial charge is 0.471 e. The number of alkyl halides is 3. The minimum atomic E-state index is -5.16. The van der Waals surface area contributed by atoms with Crippen LogP contribution < -0.4 is 21.7 Å². The number of carbonyl (C=O) groups excluding carboxylic acids is 4. The van der Waals surface area contributed by atoms with Gasteiger partial charge in [-0.05, 0) is 29.9 Å². The minimum absolute atomic E-state index is 0.0149. The molecule has 2 fully saturated rings. The first-order valence-electron chi connectivity index (χ1n) is 11.3. The van der Waals surface area contributed by atoms with Gasteiger partial charge in [-0.1, -0.05) is 39.0 Å². The SMILES string of the molecule is CC(C)(C)[C@H](NC(=O)C(F)(F)F)C(=O)NC1(C(=O)N2C[C@]3(C[C@H]2N)C(=O)Nc2ccccc23)CC1. The Balaban J connectivity index is 1.53. The standard InChI is InChI=1S/C23H28F3N5O4/c1-20(2,3)15(29-18(34)23(24,25)26)16(32)30-22(8-9-22)19(35)31-11-21(10-14(31)27)12-6-4-5-7-13(12)28-17(21)33/h4-7,14-15H,8-11,27H2,1-3H3,(H,28,33)(H,29,34)(H,30,32)/t14-,15+,21-/m0/s1. The van der Waals surface area contributed by atoms with Crippen LogP contribution in [0.25, 0.3) is 0 Å². The summed E-state index contributed by atoms with van der Waals surface area (Å²) in [5.41, 5.74) is 4.25. The van der Waals surface area contributed by atoms with Crippen molar-refractivity contribution in [1.82, 2.24) is 15.5 Å². The first-order chi connectivity index (χ1) is 16.1. The predicted molar refractivity (Wildman–Crippen MR) is 119 cm³/mol. The molecule has 4 rings (SSSR count). The zero-order chi connectivity index (χ0) is 26.0. The van der Waals surface area contributed by atoms with Crippen molar-refractivity contribution in [3.63, 3.8) is 0 Å². The van der Waals surface area contributed by atoms with Crippen LogP contribution in [0.4, 0.5) is 18.9 Å². The molecule has 3 aliphatic rings. The molecule has 0 unspecified atom stereocenters. The smallest absolute Gasteiger partial charge is 0.340 e. The third-order valence-electron chi connectivity index (χ3n) is 6.97. The molecule has 190 valence electrons. The summed E-state index contributed by atoms with van der Waals surface area (Å²) in [6, 6.07) is 5.62. The topological polar surface area (TPSA) is 134 Å². The molecule has 35 heavy (non-hydrogen) atoms. The Bertz CT molecular complexity index is 1100. The van der Waals surface area contributed by atoms with Crippen molar-refractivity contribution < 1.29 is 32.3 Å². The normalized spacial score (nSPS) is 25.6. The molecule has 0 aromatic heterocycles. The number of halogens is 3. The van der Waals surface area contributed by atoms with Crippen molar-refractivity contribution in [2.45, 2.75) is 69.4 Å². The number of amides is 4. The van der Waals surface area contributed by atoms with Crippen LogP contribution in [-0.4, -0.2) is 59.0 Å². The van der Waals surface area contributed by atoms with Crippen LogP contribution in [0.15, 0.2) is 24.3 Å². The van der Waals surface area contributed by atoms with Gasteiger partial charge < -0.3 is 26.6 Å². The lowest BCUT2D eigenvalue weighted by Gasteiger charge is -2.33. The second kappa shape index (κ2) is 7.94. The van der Waals surface area contributed by atoms with Gasteiger partial charge in [0.15, 0.2) is 0 Å². The molecule has 5 N–H and O–H groups in total. The quantitative estimate of drug-likeness (QED) is 0.497. The number of anilines is 1. The summed E-state index contributed by atoms with van der Waals surface area (Å²) in [5.74, 6) is -3.89. The maximum absolute atomic E-state index is 13.5. The van der Waals surface area contributed by atoms with Gasteiger partial charge in [0.2, 0.25) is 17.7 Å². The third kappa shape index (κ3) is 4.24. The molecule has 0 bridgehead atoms. The van der Waals surface area contributed by atoms with Gasteiger partial charge in [-0.2, -0.15) is 13.2 Å². The van der Waals surface area contributed by atoms with Crippen molar-refractivity contribution in [1.29, 1.82) is 0 Å². The zero-order valence-corrected chi connectivity index (χ0v) is 19.6. The summed E-state index contributed by atoms with van der Waals surface area (Å²) < 4.78 is 38.5. The van der Waals surface area contributed by atoms with E-state index in [1.165, 1.54) is 25.7 Å². The van der Waals surface area contributed by atoms with Crippen LogP contribution in [0, 0.1) is 5.41 Å². The number of para-hydroxylation sites is 1. The van der Waals surface area contributed by atoms with Crippen LogP contribution in [-0.2, 0) is 24.6 Å². The Morgan fingerprint density at radius 1 is 1.17 bits per heavy atom. The van der Waals surface area contributed by atoms with Gasteiger partial charge in [0.25, 0.3) is 0 Å². The molecular weight excluding hydrogens is 467 g/mol. The highest BCUT2D eigenvalue weighted by molar-refractivity contribution is 6.07. The van der Waals surface area contributed by atoms with Crippen molar-refractivity contribution in [3.8, 4) is 0 Å². The van der Waals surface area contributed by atoms with Crippen LogP contribution in [0.5, 0.6) is 0 Å². The van der Waals surface area contributed by atoms with Crippen LogP contribution in [0.2, 0.25) is 0 Å². The van der Waals surface area contributed by atoms with Gasteiger partial charge in [0.1, 0.15) is 11.6 Å². The molecule has 1 saturated carbocycles. The number of nitrogens with one attached hydrogen (secondary N) is 3. The molecule has 2 heterocycles. The predicted octanol–water partition coefficient (Wildman–Crippen LogP) is 1.14. The number of hydrogen-bond acceptors (Lipinski definition) is 5. The summed E-state index contributed by atoms with van der Waals surface area (Å²) in [7, 11) is 0. The third-order valence-corrected chi connectivity index (χ3v) is 6.97. The molecule has 1 aromatic carbocycles. The molecule has 3 atom stereocenters. The van der Waals surface area contributed by atoms with Crippen molar-refractivity contribution >= 4 is 29.3 Å². The number of carbonyl (C=O) groups is 4. The van der Waals surface area contributed by atoms with Gasteiger partial charge in [-0.15, -0.1) is 0 Å². The van der Waals surface area contributed by atoms with Crippen molar-refractivity contribution in [2.75, 3.05) is 11.9 Å². The number of nitrogens with zero attached hydrogens (tertiary/aromatic N) is 1. The van der Waals surface area contributed by atoms with Gasteiger partial charge in [0.05, 0.1) is 11.6 Å². The van der Waals surface area contributed by atoms with Gasteiger partial charge in [-0.25, -0.2) is 0 Å². The molecule has 1 aliphatic carbocycles. The maximum Gasteiger partial charge on any atom is 0.471 e. The number of benzene rings is 1. The lowest BCUT2D eigenvalue weighted by atomic mass is 9.80. The van der Waals surface area contributed by atoms with Crippen LogP contribution >= 0.6 is 0 Å². The zero-order valence-electron chi connectivity index (χ0n) is 19.6. The summed E-state index contributed by atoms with van der Waals surface area (Å²) in [6.45, 7) is 4.53. The van der Waals surface area contributed by atoms with E-state index < -0.39 is 52.5 Å². The maximum atomic E-state index is 13.5.